The van der Waals surface area contributed by atoms with Crippen LogP contribution in [-0.4, -0.2) is 74.2 Å². The van der Waals surface area contributed by atoms with E-state index in [-0.39, 0.29) is 34.7 Å². The van der Waals surface area contributed by atoms with Gasteiger partial charge in [-0.3, -0.25) is 19.4 Å². The number of hydrogen-bond acceptors (Lipinski definition) is 7. The van der Waals surface area contributed by atoms with Gasteiger partial charge in [0.2, 0.25) is 11.8 Å². The van der Waals surface area contributed by atoms with Crippen molar-refractivity contribution in [2.75, 3.05) is 25.0 Å². The summed E-state index contributed by atoms with van der Waals surface area (Å²) >= 11 is 2.84. The quantitative estimate of drug-likeness (QED) is 0.502. The lowest BCUT2D eigenvalue weighted by molar-refractivity contribution is -0.157. The number of hydrogen-bond donors (Lipinski definition) is 3. The van der Waals surface area contributed by atoms with Gasteiger partial charge in [-0.15, -0.1) is 11.8 Å². The number of carboxylic acids is 1. The van der Waals surface area contributed by atoms with Gasteiger partial charge in [-0.1, -0.05) is 36.9 Å². The van der Waals surface area contributed by atoms with Crippen LogP contribution in [0, 0.1) is 5.92 Å². The average molecular weight is 464 g/mol. The highest BCUT2D eigenvalue weighted by molar-refractivity contribution is 8.23. The van der Waals surface area contributed by atoms with Crippen molar-refractivity contribution in [1.82, 2.24) is 9.80 Å². The number of para-hydroxylation sites is 1. The molecule has 3 N–H and O–H groups in total. The molecule has 31 heavy (non-hydrogen) atoms. The van der Waals surface area contributed by atoms with Crippen LogP contribution in [0.4, 0.5) is 5.69 Å². The number of carbonyl (C=O) groups excluding carboxylic acids is 2. The average Bonchev–Trinajstić information content (AvgIpc) is 3.31. The second-order valence-electron chi connectivity index (χ2n) is 7.84. The molecule has 1 aromatic carbocycles. The molecule has 8 nitrogen and oxygen atoms in total. The molecule has 0 saturated carbocycles. The van der Waals surface area contributed by atoms with Gasteiger partial charge >= 0.3 is 5.97 Å². The predicted molar refractivity (Wildman–Crippen MR) is 120 cm³/mol. The molecule has 0 spiro atoms. The third-order valence-corrected chi connectivity index (χ3v) is 8.57. The standard InChI is InChI=1S/C21H25N3O5S2/c1-2-14(25)16-18(27)24-17(20(28)29)21(31-19(16)24)30-13-8-9-23(10-13)11-15(26)22-12-6-4-3-5-7-12/h3-7,13-14,16,19,25H,2,8-11H2,1H3,(H,22,26)(H,28,29)/t13?,14-,16+,19+/m0/s1. The van der Waals surface area contributed by atoms with Crippen LogP contribution in [0.3, 0.4) is 0 Å². The molecule has 10 heteroatoms. The first kappa shape index (κ1) is 22.2. The number of likely N-dealkylation sites (tertiary alicyclic amines) is 1. The summed E-state index contributed by atoms with van der Waals surface area (Å²) in [5, 5.41) is 22.5. The van der Waals surface area contributed by atoms with Crippen molar-refractivity contribution in [3.8, 4) is 0 Å². The highest BCUT2D eigenvalue weighted by Crippen LogP contribution is 2.55. The fourth-order valence-corrected chi connectivity index (χ4v) is 7.42. The Hall–Kier alpha value is -2.01. The van der Waals surface area contributed by atoms with Gasteiger partial charge < -0.3 is 15.5 Å². The molecule has 4 atom stereocenters. The molecule has 2 amide bonds. The summed E-state index contributed by atoms with van der Waals surface area (Å²) in [5.74, 6) is -2.06. The van der Waals surface area contributed by atoms with Crippen LogP contribution in [0.1, 0.15) is 19.8 Å². The van der Waals surface area contributed by atoms with Gasteiger partial charge in [0.05, 0.1) is 22.8 Å². The number of nitrogens with zero attached hydrogens (tertiary/aromatic N) is 2. The first-order valence-corrected chi connectivity index (χ1v) is 12.0. The van der Waals surface area contributed by atoms with Crippen molar-refractivity contribution in [2.24, 2.45) is 5.92 Å². The maximum Gasteiger partial charge on any atom is 0.354 e. The largest absolute Gasteiger partial charge is 0.477 e. The normalized spacial score (nSPS) is 26.6. The van der Waals surface area contributed by atoms with E-state index in [9.17, 15) is 24.6 Å². The number of carbonyl (C=O) groups is 3. The van der Waals surface area contributed by atoms with Crippen molar-refractivity contribution in [2.45, 2.75) is 36.5 Å². The van der Waals surface area contributed by atoms with Gasteiger partial charge in [-0.05, 0) is 31.5 Å². The second-order valence-corrected chi connectivity index (χ2v) is 10.5. The van der Waals surface area contributed by atoms with Crippen LogP contribution in [0.2, 0.25) is 0 Å². The lowest BCUT2D eigenvalue weighted by Crippen LogP contribution is -2.61. The number of aliphatic carboxylic acids is 1. The minimum atomic E-state index is -1.12. The Balaban J connectivity index is 1.35. The zero-order valence-corrected chi connectivity index (χ0v) is 18.7. The minimum absolute atomic E-state index is 0.0322. The molecule has 2 fully saturated rings. The van der Waals surface area contributed by atoms with Gasteiger partial charge in [0.15, 0.2) is 5.70 Å². The fourth-order valence-electron chi connectivity index (χ4n) is 4.11. The van der Waals surface area contributed by atoms with Crippen LogP contribution < -0.4 is 5.32 Å². The van der Waals surface area contributed by atoms with Crippen molar-refractivity contribution in [3.63, 3.8) is 0 Å². The maximum absolute atomic E-state index is 12.5. The Bertz CT molecular complexity index is 910. The van der Waals surface area contributed by atoms with Crippen LogP contribution in [0.5, 0.6) is 0 Å². The van der Waals surface area contributed by atoms with E-state index in [4.69, 9.17) is 0 Å². The number of benzene rings is 1. The van der Waals surface area contributed by atoms with E-state index >= 15 is 0 Å². The third-order valence-electron chi connectivity index (χ3n) is 5.71. The molecule has 1 aromatic rings. The summed E-state index contributed by atoms with van der Waals surface area (Å²) in [6.45, 7) is 3.51. The Morgan fingerprint density at radius 1 is 1.32 bits per heavy atom. The van der Waals surface area contributed by atoms with Crippen molar-refractivity contribution >= 4 is 47.0 Å². The molecule has 0 aromatic heterocycles. The highest BCUT2D eigenvalue weighted by atomic mass is 32.2. The molecule has 1 unspecified atom stereocenters. The van der Waals surface area contributed by atoms with Crippen LogP contribution in [0.15, 0.2) is 40.3 Å². The lowest BCUT2D eigenvalue weighted by atomic mass is 9.90. The predicted octanol–water partition coefficient (Wildman–Crippen LogP) is 1.99. The number of aliphatic hydroxyl groups is 1. The monoisotopic (exact) mass is 463 g/mol. The zero-order valence-electron chi connectivity index (χ0n) is 17.1. The number of rotatable bonds is 8. The van der Waals surface area contributed by atoms with E-state index in [1.54, 1.807) is 0 Å². The van der Waals surface area contributed by atoms with Crippen molar-refractivity contribution in [1.29, 1.82) is 0 Å². The second kappa shape index (κ2) is 9.23. The van der Waals surface area contributed by atoms with E-state index in [0.717, 1.165) is 18.7 Å². The van der Waals surface area contributed by atoms with E-state index in [0.29, 0.717) is 17.2 Å². The zero-order chi connectivity index (χ0) is 22.1. The maximum atomic E-state index is 12.5. The summed E-state index contributed by atoms with van der Waals surface area (Å²) in [7, 11) is 0. The number of amides is 2. The van der Waals surface area contributed by atoms with Gasteiger partial charge in [0.1, 0.15) is 5.37 Å². The van der Waals surface area contributed by atoms with Crippen molar-refractivity contribution < 1.29 is 24.6 Å². The molecule has 3 aliphatic heterocycles. The van der Waals surface area contributed by atoms with Crippen LogP contribution in [-0.2, 0) is 14.4 Å². The third kappa shape index (κ3) is 4.48. The lowest BCUT2D eigenvalue weighted by Gasteiger charge is -2.44. The smallest absolute Gasteiger partial charge is 0.354 e. The number of nitrogens with one attached hydrogen (secondary N) is 1. The van der Waals surface area contributed by atoms with Crippen LogP contribution in [0.25, 0.3) is 0 Å². The van der Waals surface area contributed by atoms with Crippen molar-refractivity contribution in [3.05, 3.63) is 40.3 Å². The Morgan fingerprint density at radius 3 is 2.74 bits per heavy atom. The summed E-state index contributed by atoms with van der Waals surface area (Å²) in [6.07, 6.45) is 0.528. The number of carboxylic acid groups (broad SMARTS) is 1. The van der Waals surface area contributed by atoms with E-state index in [1.165, 1.54) is 28.4 Å². The number of thioether (sulfide) groups is 2. The Kier molecular flexibility index (Phi) is 6.61. The molecular formula is C21H25N3O5S2. The molecule has 4 rings (SSSR count). The Labute approximate surface area is 189 Å². The molecule has 166 valence electrons. The number of fused-ring (bicyclic) bond motifs is 1. The van der Waals surface area contributed by atoms with E-state index in [2.05, 4.69) is 10.2 Å². The number of β-lactam (4-membered cyclic amide) rings is 1. The van der Waals surface area contributed by atoms with Gasteiger partial charge in [-0.25, -0.2) is 4.79 Å². The van der Waals surface area contributed by atoms with Gasteiger partial charge in [-0.2, -0.15) is 0 Å². The summed E-state index contributed by atoms with van der Waals surface area (Å²) in [5.41, 5.74) is 0.791. The molecule has 3 aliphatic rings. The number of anilines is 1. The van der Waals surface area contributed by atoms with Gasteiger partial charge in [0, 0.05) is 17.5 Å². The first-order valence-electron chi connectivity index (χ1n) is 10.3. The van der Waals surface area contributed by atoms with Gasteiger partial charge in [0.25, 0.3) is 0 Å². The van der Waals surface area contributed by atoms with E-state index in [1.807, 2.05) is 37.3 Å². The summed E-state index contributed by atoms with van der Waals surface area (Å²) in [6, 6.07) is 9.30. The minimum Gasteiger partial charge on any atom is -0.477 e. The molecule has 3 heterocycles. The Morgan fingerprint density at radius 2 is 2.06 bits per heavy atom. The topological polar surface area (TPSA) is 110 Å². The molecule has 0 aliphatic carbocycles. The highest BCUT2D eigenvalue weighted by Gasteiger charge is 2.58. The first-order chi connectivity index (χ1) is 14.9. The molecule has 2 saturated heterocycles. The van der Waals surface area contributed by atoms with Crippen LogP contribution >= 0.6 is 23.5 Å². The SMILES string of the molecule is CC[C@H](O)[C@@H]1C(=O)N2C(C(=O)O)=C(SC3CCN(CC(=O)Nc4ccccc4)C3)S[C@H]12. The molecular weight excluding hydrogens is 438 g/mol. The fraction of sp³-hybridized carbons (Fsp3) is 0.476. The summed E-state index contributed by atoms with van der Waals surface area (Å²) < 4.78 is 0.622. The summed E-state index contributed by atoms with van der Waals surface area (Å²) in [4.78, 5) is 40.0. The molecule has 0 radical (unpaired) electrons. The number of aliphatic hydroxyl groups excluding tert-OH is 1. The van der Waals surface area contributed by atoms with E-state index < -0.39 is 18.0 Å². The molecule has 0 bridgehead atoms.